The molecule has 3 rings (SSSR count). The second-order valence-corrected chi connectivity index (χ2v) is 6.23. The fourth-order valence-electron chi connectivity index (χ4n) is 2.08. The van der Waals surface area contributed by atoms with Crippen LogP contribution >= 0.6 is 0 Å². The van der Waals surface area contributed by atoms with Crippen LogP contribution in [0.1, 0.15) is 0 Å². The van der Waals surface area contributed by atoms with Crippen molar-refractivity contribution in [1.29, 1.82) is 0 Å². The third-order valence-electron chi connectivity index (χ3n) is 3.16. The lowest BCUT2D eigenvalue weighted by molar-refractivity contribution is 0.598. The van der Waals surface area contributed by atoms with Crippen molar-refractivity contribution >= 4 is 38.1 Å². The molecule has 0 fully saturated rings. The van der Waals surface area contributed by atoms with E-state index < -0.39 is 10.0 Å². The fourth-order valence-corrected chi connectivity index (χ4v) is 2.59. The zero-order valence-electron chi connectivity index (χ0n) is 11.4. The quantitative estimate of drug-likeness (QED) is 0.643. The number of rotatable bonds is 3. The maximum atomic E-state index is 11.2. The van der Waals surface area contributed by atoms with E-state index in [1.54, 1.807) is 0 Å². The molecule has 5 N–H and O–H groups in total. The number of fused-ring (bicyclic) bond motifs is 1. The van der Waals surface area contributed by atoms with Crippen LogP contribution in [0.15, 0.2) is 63.7 Å². The average Bonchev–Trinajstić information content (AvgIpc) is 2.82. The summed E-state index contributed by atoms with van der Waals surface area (Å²) in [6, 6.07) is 13.4. The van der Waals surface area contributed by atoms with Crippen LogP contribution in [0.2, 0.25) is 0 Å². The largest absolute Gasteiger partial charge is 0.385 e. The van der Waals surface area contributed by atoms with E-state index in [0.717, 1.165) is 10.8 Å². The maximum Gasteiger partial charge on any atom is 0.238 e. The average molecular weight is 315 g/mol. The number of nitrogens with zero attached hydrogens (tertiary/aromatic N) is 2. The lowest BCUT2D eigenvalue weighted by Gasteiger charge is -1.97. The number of hydrogen-bond donors (Lipinski definition) is 3. The first-order chi connectivity index (χ1) is 10.4. The molecule has 112 valence electrons. The number of benzene rings is 2. The summed E-state index contributed by atoms with van der Waals surface area (Å²) in [5, 5.41) is 15.0. The Hall–Kier alpha value is -2.71. The molecule has 0 aliphatic carbocycles. The molecule has 0 amide bonds. The van der Waals surface area contributed by atoms with Crippen molar-refractivity contribution in [1.82, 2.24) is 4.98 Å². The van der Waals surface area contributed by atoms with Gasteiger partial charge in [0, 0.05) is 10.8 Å². The summed E-state index contributed by atoms with van der Waals surface area (Å²) < 4.78 is 22.4. The molecule has 8 heteroatoms. The maximum absolute atomic E-state index is 11.2. The summed E-state index contributed by atoms with van der Waals surface area (Å²) in [6.45, 7) is 0. The number of aromatic amines is 1. The summed E-state index contributed by atoms with van der Waals surface area (Å²) in [4.78, 5) is 2.99. The minimum Gasteiger partial charge on any atom is -0.385 e. The van der Waals surface area contributed by atoms with Gasteiger partial charge in [-0.05, 0) is 24.3 Å². The van der Waals surface area contributed by atoms with Gasteiger partial charge in [-0.3, -0.25) is 0 Å². The predicted octanol–water partition coefficient (Wildman–Crippen LogP) is 2.81. The molecule has 2 aromatic carbocycles. The second kappa shape index (κ2) is 5.24. The zero-order valence-corrected chi connectivity index (χ0v) is 12.2. The summed E-state index contributed by atoms with van der Waals surface area (Å²) in [5.41, 5.74) is 6.38. The number of nitrogens with one attached hydrogen (secondary N) is 1. The number of sulfonamides is 1. The normalized spacial score (nSPS) is 12.2. The van der Waals surface area contributed by atoms with E-state index in [9.17, 15) is 8.42 Å². The predicted molar refractivity (Wildman–Crippen MR) is 84.7 cm³/mol. The number of anilines is 1. The third kappa shape index (κ3) is 2.69. The van der Waals surface area contributed by atoms with Gasteiger partial charge >= 0.3 is 0 Å². The number of nitrogen functional groups attached to an aromatic ring is 1. The van der Waals surface area contributed by atoms with E-state index >= 15 is 0 Å². The Bertz CT molecular complexity index is 959. The molecule has 0 saturated heterocycles. The van der Waals surface area contributed by atoms with Gasteiger partial charge < -0.3 is 10.7 Å². The van der Waals surface area contributed by atoms with Crippen molar-refractivity contribution in [2.24, 2.45) is 15.4 Å². The van der Waals surface area contributed by atoms with Crippen LogP contribution in [-0.4, -0.2) is 13.4 Å². The Balaban J connectivity index is 1.93. The molecule has 0 saturated carbocycles. The molecular weight excluding hydrogens is 302 g/mol. The van der Waals surface area contributed by atoms with Gasteiger partial charge in [-0.25, -0.2) is 13.6 Å². The van der Waals surface area contributed by atoms with E-state index in [2.05, 4.69) is 15.2 Å². The Labute approximate surface area is 126 Å². The van der Waals surface area contributed by atoms with Crippen molar-refractivity contribution in [2.45, 2.75) is 4.90 Å². The number of hydrogen-bond acceptors (Lipinski definition) is 5. The molecular formula is C14H13N5O2S. The van der Waals surface area contributed by atoms with Crippen molar-refractivity contribution in [3.8, 4) is 0 Å². The van der Waals surface area contributed by atoms with Crippen LogP contribution in [-0.2, 0) is 10.0 Å². The molecule has 1 aromatic heterocycles. The fraction of sp³-hybridized carbons (Fsp3) is 0. The lowest BCUT2D eigenvalue weighted by atomic mass is 10.2. The summed E-state index contributed by atoms with van der Waals surface area (Å²) >= 11 is 0. The number of azo groups is 1. The van der Waals surface area contributed by atoms with Crippen molar-refractivity contribution in [3.63, 3.8) is 0 Å². The van der Waals surface area contributed by atoms with E-state index in [1.165, 1.54) is 24.3 Å². The summed E-state index contributed by atoms with van der Waals surface area (Å²) in [6.07, 6.45) is 0. The van der Waals surface area contributed by atoms with Gasteiger partial charge in [0.05, 0.1) is 10.6 Å². The highest BCUT2D eigenvalue weighted by molar-refractivity contribution is 7.89. The van der Waals surface area contributed by atoms with Crippen molar-refractivity contribution in [3.05, 3.63) is 48.5 Å². The highest BCUT2D eigenvalue weighted by Gasteiger charge is 2.08. The minimum atomic E-state index is -3.71. The van der Waals surface area contributed by atoms with Crippen LogP contribution in [0.25, 0.3) is 10.8 Å². The van der Waals surface area contributed by atoms with Crippen LogP contribution in [0.5, 0.6) is 0 Å². The minimum absolute atomic E-state index is 0.0287. The molecule has 22 heavy (non-hydrogen) atoms. The molecule has 0 unspecified atom stereocenters. The van der Waals surface area contributed by atoms with Crippen LogP contribution in [0.3, 0.4) is 0 Å². The highest BCUT2D eigenvalue weighted by Crippen LogP contribution is 2.31. The molecule has 0 aliphatic heterocycles. The lowest BCUT2D eigenvalue weighted by Crippen LogP contribution is -2.11. The van der Waals surface area contributed by atoms with E-state index in [4.69, 9.17) is 10.9 Å². The van der Waals surface area contributed by atoms with Gasteiger partial charge in [-0.1, -0.05) is 24.3 Å². The third-order valence-corrected chi connectivity index (χ3v) is 4.09. The molecule has 1 heterocycles. The molecule has 0 radical (unpaired) electrons. The zero-order chi connectivity index (χ0) is 15.7. The molecule has 7 nitrogen and oxygen atoms in total. The number of aromatic nitrogens is 1. The van der Waals surface area contributed by atoms with Gasteiger partial charge in [-0.15, -0.1) is 10.2 Å². The SMILES string of the molecule is Nc1[nH]c(N=Nc2ccc(S(N)(=O)=O)cc2)c2ccccc12. The number of primary sulfonamides is 1. The van der Waals surface area contributed by atoms with E-state index in [1.807, 2.05) is 24.3 Å². The first-order valence-electron chi connectivity index (χ1n) is 6.36. The Kier molecular flexibility index (Phi) is 3.39. The topological polar surface area (TPSA) is 127 Å². The monoisotopic (exact) mass is 315 g/mol. The van der Waals surface area contributed by atoms with Crippen LogP contribution < -0.4 is 10.9 Å². The summed E-state index contributed by atoms with van der Waals surface area (Å²) in [5.74, 6) is 1.07. The van der Waals surface area contributed by atoms with Crippen LogP contribution in [0, 0.1) is 0 Å². The first kappa shape index (κ1) is 14.2. The smallest absolute Gasteiger partial charge is 0.238 e. The van der Waals surface area contributed by atoms with Gasteiger partial charge in [0.25, 0.3) is 0 Å². The van der Waals surface area contributed by atoms with Gasteiger partial charge in [0.15, 0.2) is 5.82 Å². The first-order valence-corrected chi connectivity index (χ1v) is 7.90. The van der Waals surface area contributed by atoms with E-state index in [0.29, 0.717) is 17.3 Å². The van der Waals surface area contributed by atoms with E-state index in [-0.39, 0.29) is 4.90 Å². The van der Waals surface area contributed by atoms with Gasteiger partial charge in [-0.2, -0.15) is 0 Å². The molecule has 0 aliphatic rings. The Morgan fingerprint density at radius 2 is 1.55 bits per heavy atom. The molecule has 3 aromatic rings. The number of nitrogens with two attached hydrogens (primary N) is 2. The second-order valence-electron chi connectivity index (χ2n) is 4.67. The number of H-pyrrole nitrogens is 1. The molecule has 0 spiro atoms. The van der Waals surface area contributed by atoms with Crippen molar-refractivity contribution < 1.29 is 8.42 Å². The van der Waals surface area contributed by atoms with Gasteiger partial charge in [0.2, 0.25) is 10.0 Å². The highest BCUT2D eigenvalue weighted by atomic mass is 32.2. The summed E-state index contributed by atoms with van der Waals surface area (Å²) in [7, 11) is -3.71. The molecule has 0 atom stereocenters. The Morgan fingerprint density at radius 1 is 0.909 bits per heavy atom. The Morgan fingerprint density at radius 3 is 2.18 bits per heavy atom. The van der Waals surface area contributed by atoms with Gasteiger partial charge in [0.1, 0.15) is 5.82 Å². The standard InChI is InChI=1S/C14H13N5O2S/c15-13-11-3-1-2-4-12(11)14(17-13)19-18-9-5-7-10(8-6-9)22(16,20)21/h1-8,17H,15H2,(H2,16,20,21). The molecule has 0 bridgehead atoms. The van der Waals surface area contributed by atoms with Crippen LogP contribution in [0.4, 0.5) is 17.3 Å². The van der Waals surface area contributed by atoms with Crippen molar-refractivity contribution in [2.75, 3.05) is 5.73 Å².